The molecule has 0 spiro atoms. The molecule has 0 fully saturated rings. The first kappa shape index (κ1) is 27.6. The summed E-state index contributed by atoms with van der Waals surface area (Å²) in [6.45, 7) is 1.68. The third-order valence-electron chi connectivity index (χ3n) is 6.85. The van der Waals surface area contributed by atoms with Gasteiger partial charge >= 0.3 is 0 Å². The van der Waals surface area contributed by atoms with E-state index >= 15 is 0 Å². The number of aliphatic hydroxyl groups is 1. The second-order valence-electron chi connectivity index (χ2n) is 9.75. The minimum Gasteiger partial charge on any atom is -0.508 e. The summed E-state index contributed by atoms with van der Waals surface area (Å²) in [6, 6.07) is 32.2. The summed E-state index contributed by atoms with van der Waals surface area (Å²) in [7, 11) is 0. The standard InChI is InChI=1S/C33H34N2O4/c1-23-28(18-11-19-30(23)36)33(39)35-29(21-25-14-7-3-8-15-25)31(37)22-27(20-24-12-5-2-6-13-24)34-32(38)26-16-9-4-10-17-26/h2-19,27,29,31,36-37H,20-22H2,1H3,(H,34,38)(H,35,39)/t27-,29-,31-/m0/s1. The largest absolute Gasteiger partial charge is 0.508 e. The van der Waals surface area contributed by atoms with Gasteiger partial charge in [-0.05, 0) is 61.6 Å². The van der Waals surface area contributed by atoms with E-state index in [1.165, 1.54) is 6.07 Å². The van der Waals surface area contributed by atoms with Gasteiger partial charge in [-0.25, -0.2) is 0 Å². The van der Waals surface area contributed by atoms with Crippen molar-refractivity contribution in [2.75, 3.05) is 0 Å². The van der Waals surface area contributed by atoms with Gasteiger partial charge in [-0.1, -0.05) is 84.9 Å². The van der Waals surface area contributed by atoms with Crippen molar-refractivity contribution in [1.82, 2.24) is 10.6 Å². The molecule has 0 bridgehead atoms. The Morgan fingerprint density at radius 1 is 0.692 bits per heavy atom. The molecule has 200 valence electrons. The van der Waals surface area contributed by atoms with E-state index in [-0.39, 0.29) is 30.0 Å². The Labute approximate surface area is 229 Å². The van der Waals surface area contributed by atoms with E-state index in [0.717, 1.165) is 11.1 Å². The van der Waals surface area contributed by atoms with Crippen LogP contribution >= 0.6 is 0 Å². The zero-order valence-electron chi connectivity index (χ0n) is 22.0. The van der Waals surface area contributed by atoms with Crippen LogP contribution in [0.25, 0.3) is 0 Å². The van der Waals surface area contributed by atoms with E-state index in [1.807, 2.05) is 78.9 Å². The number of aromatic hydroxyl groups is 1. The van der Waals surface area contributed by atoms with E-state index < -0.39 is 12.1 Å². The first-order valence-electron chi connectivity index (χ1n) is 13.1. The molecule has 0 saturated heterocycles. The summed E-state index contributed by atoms with van der Waals surface area (Å²) in [6.07, 6.45) is 0.186. The van der Waals surface area contributed by atoms with Gasteiger partial charge in [0.25, 0.3) is 11.8 Å². The Hall–Kier alpha value is -4.42. The maximum Gasteiger partial charge on any atom is 0.252 e. The molecule has 0 aliphatic rings. The van der Waals surface area contributed by atoms with Crippen molar-refractivity contribution in [3.05, 3.63) is 137 Å². The van der Waals surface area contributed by atoms with Gasteiger partial charge in [0, 0.05) is 22.7 Å². The van der Waals surface area contributed by atoms with E-state index in [9.17, 15) is 19.8 Å². The second kappa shape index (κ2) is 13.4. The van der Waals surface area contributed by atoms with Gasteiger partial charge in [-0.15, -0.1) is 0 Å². The highest BCUT2D eigenvalue weighted by molar-refractivity contribution is 5.96. The molecule has 2 amide bonds. The van der Waals surface area contributed by atoms with E-state index in [4.69, 9.17) is 0 Å². The third-order valence-corrected chi connectivity index (χ3v) is 6.85. The van der Waals surface area contributed by atoms with Crippen LogP contribution in [0.3, 0.4) is 0 Å². The van der Waals surface area contributed by atoms with Crippen LogP contribution in [0.5, 0.6) is 5.75 Å². The number of phenolic OH excluding ortho intramolecular Hbond substituents is 1. The second-order valence-corrected chi connectivity index (χ2v) is 9.75. The average molecular weight is 523 g/mol. The number of hydrogen-bond acceptors (Lipinski definition) is 4. The van der Waals surface area contributed by atoms with Crippen molar-refractivity contribution in [2.24, 2.45) is 0 Å². The van der Waals surface area contributed by atoms with Crippen molar-refractivity contribution >= 4 is 11.8 Å². The minimum atomic E-state index is -0.962. The van der Waals surface area contributed by atoms with Crippen LogP contribution in [0.15, 0.2) is 109 Å². The number of carbonyl (C=O) groups excluding carboxylic acids is 2. The topological polar surface area (TPSA) is 98.7 Å². The Bertz CT molecular complexity index is 1360. The van der Waals surface area contributed by atoms with Crippen molar-refractivity contribution in [3.63, 3.8) is 0 Å². The fourth-order valence-corrected chi connectivity index (χ4v) is 4.67. The molecule has 3 atom stereocenters. The van der Waals surface area contributed by atoms with Crippen LogP contribution in [0.2, 0.25) is 0 Å². The van der Waals surface area contributed by atoms with E-state index in [1.54, 1.807) is 31.2 Å². The predicted molar refractivity (Wildman–Crippen MR) is 153 cm³/mol. The number of hydrogen-bond donors (Lipinski definition) is 4. The summed E-state index contributed by atoms with van der Waals surface area (Å²) in [5.41, 5.74) is 3.35. The molecule has 0 aliphatic carbocycles. The van der Waals surface area contributed by atoms with Crippen molar-refractivity contribution < 1.29 is 19.8 Å². The highest BCUT2D eigenvalue weighted by Crippen LogP contribution is 2.21. The predicted octanol–water partition coefficient (Wildman–Crippen LogP) is 4.83. The smallest absolute Gasteiger partial charge is 0.252 e. The first-order valence-corrected chi connectivity index (χ1v) is 13.1. The van der Waals surface area contributed by atoms with Gasteiger partial charge in [0.15, 0.2) is 0 Å². The monoisotopic (exact) mass is 522 g/mol. The highest BCUT2D eigenvalue weighted by atomic mass is 16.3. The van der Waals surface area contributed by atoms with Gasteiger partial charge in [-0.3, -0.25) is 9.59 Å². The molecule has 0 radical (unpaired) electrons. The zero-order valence-corrected chi connectivity index (χ0v) is 22.0. The lowest BCUT2D eigenvalue weighted by molar-refractivity contribution is 0.0755. The lowest BCUT2D eigenvalue weighted by Gasteiger charge is -2.29. The zero-order chi connectivity index (χ0) is 27.6. The summed E-state index contributed by atoms with van der Waals surface area (Å²) in [4.78, 5) is 26.3. The van der Waals surface area contributed by atoms with E-state index in [0.29, 0.717) is 29.5 Å². The fraction of sp³-hybridized carbons (Fsp3) is 0.212. The SMILES string of the molecule is Cc1c(O)cccc1C(=O)N[C@@H](Cc1ccccc1)[C@@H](O)C[C@H](Cc1ccccc1)NC(=O)c1ccccc1. The Balaban J connectivity index is 1.56. The molecule has 0 saturated carbocycles. The Kier molecular flexibility index (Phi) is 9.48. The van der Waals surface area contributed by atoms with Crippen molar-refractivity contribution in [3.8, 4) is 5.75 Å². The molecule has 6 nitrogen and oxygen atoms in total. The first-order chi connectivity index (χ1) is 18.9. The van der Waals surface area contributed by atoms with Crippen LogP contribution in [-0.4, -0.2) is 40.2 Å². The molecule has 0 heterocycles. The van der Waals surface area contributed by atoms with Crippen LogP contribution in [0, 0.1) is 6.92 Å². The van der Waals surface area contributed by atoms with Gasteiger partial charge in [0.05, 0.1) is 12.1 Å². The van der Waals surface area contributed by atoms with E-state index in [2.05, 4.69) is 10.6 Å². The molecular formula is C33H34N2O4. The molecule has 4 rings (SSSR count). The molecule has 0 aromatic heterocycles. The molecule has 0 aliphatic heterocycles. The molecule has 4 aromatic carbocycles. The summed E-state index contributed by atoms with van der Waals surface area (Å²) < 4.78 is 0. The van der Waals surface area contributed by atoms with Crippen LogP contribution in [0.1, 0.15) is 43.8 Å². The maximum absolute atomic E-state index is 13.3. The number of benzene rings is 4. The fourth-order valence-electron chi connectivity index (χ4n) is 4.67. The molecule has 39 heavy (non-hydrogen) atoms. The normalized spacial score (nSPS) is 13.2. The Morgan fingerprint density at radius 2 is 1.26 bits per heavy atom. The summed E-state index contributed by atoms with van der Waals surface area (Å²) in [5.74, 6) is -0.562. The number of amides is 2. The van der Waals surface area contributed by atoms with Crippen molar-refractivity contribution in [2.45, 2.75) is 44.4 Å². The van der Waals surface area contributed by atoms with Gasteiger partial charge < -0.3 is 20.8 Å². The summed E-state index contributed by atoms with van der Waals surface area (Å²) >= 11 is 0. The number of nitrogens with one attached hydrogen (secondary N) is 2. The lowest BCUT2D eigenvalue weighted by atomic mass is 9.93. The molecule has 6 heteroatoms. The average Bonchev–Trinajstić information content (AvgIpc) is 2.95. The van der Waals surface area contributed by atoms with Gasteiger partial charge in [0.2, 0.25) is 0 Å². The van der Waals surface area contributed by atoms with Crippen LogP contribution < -0.4 is 10.6 Å². The maximum atomic E-state index is 13.3. The minimum absolute atomic E-state index is 0.0364. The van der Waals surface area contributed by atoms with Crippen LogP contribution in [-0.2, 0) is 12.8 Å². The number of aliphatic hydroxyl groups excluding tert-OH is 1. The van der Waals surface area contributed by atoms with Gasteiger partial charge in [-0.2, -0.15) is 0 Å². The third kappa shape index (κ3) is 7.79. The van der Waals surface area contributed by atoms with Crippen LogP contribution in [0.4, 0.5) is 0 Å². The lowest BCUT2D eigenvalue weighted by Crippen LogP contribution is -2.48. The molecular weight excluding hydrogens is 488 g/mol. The molecule has 4 N–H and O–H groups in total. The number of rotatable bonds is 11. The highest BCUT2D eigenvalue weighted by Gasteiger charge is 2.27. The number of phenols is 1. The quantitative estimate of drug-likeness (QED) is 0.227. The number of carbonyl (C=O) groups is 2. The molecule has 4 aromatic rings. The summed E-state index contributed by atoms with van der Waals surface area (Å²) in [5, 5.41) is 27.7. The Morgan fingerprint density at radius 3 is 1.87 bits per heavy atom. The van der Waals surface area contributed by atoms with Crippen molar-refractivity contribution in [1.29, 1.82) is 0 Å². The van der Waals surface area contributed by atoms with Gasteiger partial charge in [0.1, 0.15) is 5.75 Å². The molecule has 0 unspecified atom stereocenters.